The minimum absolute atomic E-state index is 0.107. The zero-order valence-electron chi connectivity index (χ0n) is 16.2. The van der Waals surface area contributed by atoms with Crippen LogP contribution in [0.3, 0.4) is 0 Å². The van der Waals surface area contributed by atoms with Gasteiger partial charge in [-0.15, -0.1) is 0 Å². The first-order valence-corrected chi connectivity index (χ1v) is 10.5. The van der Waals surface area contributed by atoms with Gasteiger partial charge in [-0.3, -0.25) is 4.79 Å². The van der Waals surface area contributed by atoms with Crippen LogP contribution in [0, 0.1) is 0 Å². The Morgan fingerprint density at radius 2 is 1.90 bits per heavy atom. The Morgan fingerprint density at radius 1 is 1.10 bits per heavy atom. The number of hydrogen-bond donors (Lipinski definition) is 2. The van der Waals surface area contributed by atoms with Crippen molar-refractivity contribution in [2.45, 2.75) is 6.61 Å². The van der Waals surface area contributed by atoms with E-state index < -0.39 is 5.91 Å². The summed E-state index contributed by atoms with van der Waals surface area (Å²) >= 11 is 15.2. The summed E-state index contributed by atoms with van der Waals surface area (Å²) < 4.78 is 11.9. The molecule has 3 rings (SSSR count). The molecule has 31 heavy (non-hydrogen) atoms. The van der Waals surface area contributed by atoms with Crippen LogP contribution in [0.4, 0.5) is 0 Å². The van der Waals surface area contributed by atoms with Gasteiger partial charge >= 0.3 is 0 Å². The molecule has 160 valence electrons. The predicted octanol–water partition coefficient (Wildman–Crippen LogP) is 5.81. The summed E-state index contributed by atoms with van der Waals surface area (Å²) in [4.78, 5) is 12.2. The number of amides is 1. The average Bonchev–Trinajstić information content (AvgIpc) is 2.76. The SMILES string of the molecule is COc1cc(/C=N/NC(=O)c2cc(Br)ccc2O)ccc1OCc1ccc(Cl)c(Cl)c1. The molecule has 0 aliphatic carbocycles. The number of benzene rings is 3. The smallest absolute Gasteiger partial charge is 0.275 e. The maximum absolute atomic E-state index is 12.2. The normalized spacial score (nSPS) is 10.8. The first kappa shape index (κ1) is 22.9. The number of carbonyl (C=O) groups excluding carboxylic acids is 1. The van der Waals surface area contributed by atoms with E-state index in [-0.39, 0.29) is 17.9 Å². The molecule has 0 atom stereocenters. The molecule has 0 fully saturated rings. The Morgan fingerprint density at radius 3 is 2.65 bits per heavy atom. The largest absolute Gasteiger partial charge is 0.507 e. The van der Waals surface area contributed by atoms with Crippen molar-refractivity contribution >= 4 is 51.3 Å². The summed E-state index contributed by atoms with van der Waals surface area (Å²) in [6, 6.07) is 15.0. The fraction of sp³-hybridized carbons (Fsp3) is 0.0909. The molecule has 3 aromatic rings. The van der Waals surface area contributed by atoms with Gasteiger partial charge in [0.2, 0.25) is 0 Å². The minimum atomic E-state index is -0.538. The predicted molar refractivity (Wildman–Crippen MR) is 125 cm³/mol. The number of ether oxygens (including phenoxy) is 2. The van der Waals surface area contributed by atoms with Crippen LogP contribution in [0.1, 0.15) is 21.5 Å². The number of methoxy groups -OCH3 is 1. The number of aromatic hydroxyl groups is 1. The van der Waals surface area contributed by atoms with Crippen molar-refractivity contribution in [3.05, 3.63) is 85.8 Å². The number of hydrogen-bond acceptors (Lipinski definition) is 5. The quantitative estimate of drug-likeness (QED) is 0.302. The molecule has 0 aliphatic rings. The molecule has 0 saturated heterocycles. The lowest BCUT2D eigenvalue weighted by Crippen LogP contribution is -2.17. The minimum Gasteiger partial charge on any atom is -0.507 e. The van der Waals surface area contributed by atoms with E-state index in [1.807, 2.05) is 6.07 Å². The summed E-state index contributed by atoms with van der Waals surface area (Å²) in [5.41, 5.74) is 4.02. The zero-order chi connectivity index (χ0) is 22.4. The monoisotopic (exact) mass is 522 g/mol. The van der Waals surface area contributed by atoms with Crippen LogP contribution in [0.15, 0.2) is 64.2 Å². The number of halogens is 3. The van der Waals surface area contributed by atoms with Gasteiger partial charge in [-0.2, -0.15) is 5.10 Å². The Bertz CT molecular complexity index is 1140. The molecule has 3 aromatic carbocycles. The van der Waals surface area contributed by atoms with Crippen molar-refractivity contribution in [2.24, 2.45) is 5.10 Å². The molecule has 0 aromatic heterocycles. The van der Waals surface area contributed by atoms with Crippen molar-refractivity contribution in [2.75, 3.05) is 7.11 Å². The molecular formula is C22H17BrCl2N2O4. The van der Waals surface area contributed by atoms with Crippen LogP contribution in [-0.4, -0.2) is 24.3 Å². The molecule has 0 unspecified atom stereocenters. The highest BCUT2D eigenvalue weighted by Crippen LogP contribution is 2.29. The number of phenolic OH excluding ortho intramolecular Hbond substituents is 1. The van der Waals surface area contributed by atoms with E-state index in [2.05, 4.69) is 26.5 Å². The zero-order valence-corrected chi connectivity index (χ0v) is 19.3. The number of phenols is 1. The Hall–Kier alpha value is -2.74. The summed E-state index contributed by atoms with van der Waals surface area (Å²) in [6.07, 6.45) is 1.46. The Balaban J connectivity index is 1.65. The molecule has 0 spiro atoms. The molecular weight excluding hydrogens is 507 g/mol. The lowest BCUT2D eigenvalue weighted by atomic mass is 10.2. The lowest BCUT2D eigenvalue weighted by Gasteiger charge is -2.12. The lowest BCUT2D eigenvalue weighted by molar-refractivity contribution is 0.0952. The molecule has 0 saturated carbocycles. The summed E-state index contributed by atoms with van der Waals surface area (Å²) in [7, 11) is 1.53. The van der Waals surface area contributed by atoms with Gasteiger partial charge in [0.25, 0.3) is 5.91 Å². The van der Waals surface area contributed by atoms with Crippen LogP contribution in [0.5, 0.6) is 17.2 Å². The number of carbonyl (C=O) groups is 1. The molecule has 6 nitrogen and oxygen atoms in total. The van der Waals surface area contributed by atoms with Crippen molar-refractivity contribution in [1.82, 2.24) is 5.43 Å². The average molecular weight is 524 g/mol. The highest BCUT2D eigenvalue weighted by Gasteiger charge is 2.11. The molecule has 0 bridgehead atoms. The fourth-order valence-corrected chi connectivity index (χ4v) is 3.27. The van der Waals surface area contributed by atoms with Crippen molar-refractivity contribution in [1.29, 1.82) is 0 Å². The molecule has 0 aliphatic heterocycles. The molecule has 9 heteroatoms. The van der Waals surface area contributed by atoms with E-state index in [9.17, 15) is 9.90 Å². The highest BCUT2D eigenvalue weighted by molar-refractivity contribution is 9.10. The van der Waals surface area contributed by atoms with Gasteiger partial charge in [0.15, 0.2) is 11.5 Å². The van der Waals surface area contributed by atoms with Crippen LogP contribution in [-0.2, 0) is 6.61 Å². The van der Waals surface area contributed by atoms with Crippen LogP contribution in [0.2, 0.25) is 10.0 Å². The third-order valence-electron chi connectivity index (χ3n) is 4.15. The standard InChI is InChI=1S/C22H17BrCl2N2O4/c1-30-21-9-13(11-26-27-22(29)16-10-15(23)4-6-19(16)28)3-7-20(21)31-12-14-2-5-17(24)18(25)8-14/h2-11,28H,12H2,1H3,(H,27,29)/b26-11+. The third-order valence-corrected chi connectivity index (χ3v) is 5.38. The molecule has 2 N–H and O–H groups in total. The molecule has 0 heterocycles. The Kier molecular flexibility index (Phi) is 7.79. The third kappa shape index (κ3) is 6.13. The summed E-state index contributed by atoms with van der Waals surface area (Å²) in [5.74, 6) is 0.360. The van der Waals surface area contributed by atoms with Gasteiger partial charge in [-0.25, -0.2) is 5.43 Å². The topological polar surface area (TPSA) is 80.2 Å². The van der Waals surface area contributed by atoms with E-state index in [0.717, 1.165) is 5.56 Å². The van der Waals surface area contributed by atoms with Crippen molar-refractivity contribution in [3.8, 4) is 17.2 Å². The first-order valence-electron chi connectivity index (χ1n) is 8.94. The van der Waals surface area contributed by atoms with E-state index >= 15 is 0 Å². The second kappa shape index (κ2) is 10.5. The van der Waals surface area contributed by atoms with Gasteiger partial charge in [-0.05, 0) is 59.7 Å². The maximum atomic E-state index is 12.2. The van der Waals surface area contributed by atoms with Gasteiger partial charge in [0, 0.05) is 4.47 Å². The highest BCUT2D eigenvalue weighted by atomic mass is 79.9. The van der Waals surface area contributed by atoms with Gasteiger partial charge in [0.05, 0.1) is 28.9 Å². The number of nitrogens with zero attached hydrogens (tertiary/aromatic N) is 1. The number of hydrazone groups is 1. The van der Waals surface area contributed by atoms with Crippen LogP contribution in [0.25, 0.3) is 0 Å². The molecule has 1 amide bonds. The fourth-order valence-electron chi connectivity index (χ4n) is 2.59. The van der Waals surface area contributed by atoms with Crippen molar-refractivity contribution < 1.29 is 19.4 Å². The second-order valence-electron chi connectivity index (χ2n) is 6.31. The van der Waals surface area contributed by atoms with Gasteiger partial charge < -0.3 is 14.6 Å². The van der Waals surface area contributed by atoms with Crippen molar-refractivity contribution in [3.63, 3.8) is 0 Å². The maximum Gasteiger partial charge on any atom is 0.275 e. The van der Waals surface area contributed by atoms with E-state index in [0.29, 0.717) is 31.6 Å². The van der Waals surface area contributed by atoms with E-state index in [4.69, 9.17) is 32.7 Å². The van der Waals surface area contributed by atoms with E-state index in [1.54, 1.807) is 36.4 Å². The summed E-state index contributed by atoms with van der Waals surface area (Å²) in [5, 5.41) is 14.7. The van der Waals surface area contributed by atoms with Gasteiger partial charge in [-0.1, -0.05) is 45.2 Å². The van der Waals surface area contributed by atoms with Crippen LogP contribution >= 0.6 is 39.1 Å². The van der Waals surface area contributed by atoms with Crippen LogP contribution < -0.4 is 14.9 Å². The first-order chi connectivity index (χ1) is 14.9. The summed E-state index contributed by atoms with van der Waals surface area (Å²) in [6.45, 7) is 0.285. The number of rotatable bonds is 7. The van der Waals surface area contributed by atoms with Gasteiger partial charge in [0.1, 0.15) is 12.4 Å². The number of nitrogens with one attached hydrogen (secondary N) is 1. The van der Waals surface area contributed by atoms with E-state index in [1.165, 1.54) is 25.5 Å². The second-order valence-corrected chi connectivity index (χ2v) is 8.04. The Labute approximate surface area is 197 Å². The molecule has 0 radical (unpaired) electrons.